The van der Waals surface area contributed by atoms with Crippen molar-refractivity contribution in [2.24, 2.45) is 0 Å². The Morgan fingerprint density at radius 2 is 2.23 bits per heavy atom. The average molecular weight is 244 g/mol. The first-order chi connectivity index (χ1) is 6.15. The number of benzene rings is 1. The minimum absolute atomic E-state index is 0.267. The van der Waals surface area contributed by atoms with Gasteiger partial charge in [0.1, 0.15) is 0 Å². The quantitative estimate of drug-likeness (QED) is 0.869. The van der Waals surface area contributed by atoms with E-state index in [0.717, 1.165) is 0 Å². The number of phenolic OH excluding ortho intramolecular Hbond substituents is 1. The molecule has 0 saturated carbocycles. The zero-order chi connectivity index (χ0) is 9.84. The van der Waals surface area contributed by atoms with Crippen LogP contribution in [0.5, 0.6) is 5.75 Å². The molecule has 13 heavy (non-hydrogen) atoms. The Balaban J connectivity index is 3.00. The molecule has 4 heteroatoms. The highest BCUT2D eigenvalue weighted by atomic mass is 79.9. The summed E-state index contributed by atoms with van der Waals surface area (Å²) in [6.45, 7) is 0. The summed E-state index contributed by atoms with van der Waals surface area (Å²) in [7, 11) is 0. The first-order valence-electron chi connectivity index (χ1n) is 3.69. The topological polar surface area (TPSA) is 44.0 Å². The van der Waals surface area contributed by atoms with Gasteiger partial charge in [0.25, 0.3) is 0 Å². The van der Waals surface area contributed by atoms with Crippen molar-refractivity contribution in [1.29, 1.82) is 5.26 Å². The molecule has 0 aliphatic rings. The summed E-state index contributed by atoms with van der Waals surface area (Å²) in [4.78, 5) is 0. The Bertz CT molecular complexity index is 359. The predicted octanol–water partition coefficient (Wildman–Crippen LogP) is 2.75. The number of hydrogen-bond acceptors (Lipinski definition) is 2. The molecule has 68 valence electrons. The number of nitriles is 1. The van der Waals surface area contributed by atoms with Gasteiger partial charge in [-0.3, -0.25) is 0 Å². The average Bonchev–Trinajstić information content (AvgIpc) is 2.09. The van der Waals surface area contributed by atoms with Crippen LogP contribution in [0.15, 0.2) is 16.6 Å². The van der Waals surface area contributed by atoms with Gasteiger partial charge in [-0.1, -0.05) is 15.9 Å². The zero-order valence-corrected chi connectivity index (χ0v) is 8.31. The van der Waals surface area contributed by atoms with E-state index in [1.54, 1.807) is 6.07 Å². The summed E-state index contributed by atoms with van der Waals surface area (Å²) < 4.78 is 13.5. The second-order valence-electron chi connectivity index (χ2n) is 2.55. The molecule has 0 heterocycles. The van der Waals surface area contributed by atoms with Gasteiger partial charge in [0.15, 0.2) is 11.6 Å². The summed E-state index contributed by atoms with van der Waals surface area (Å²) in [6, 6.07) is 4.73. The van der Waals surface area contributed by atoms with E-state index in [0.29, 0.717) is 16.5 Å². The molecule has 1 N–H and O–H groups in total. The smallest absolute Gasteiger partial charge is 0.166 e. The highest BCUT2D eigenvalue weighted by Crippen LogP contribution is 2.26. The summed E-state index contributed by atoms with van der Waals surface area (Å²) >= 11 is 3.11. The summed E-state index contributed by atoms with van der Waals surface area (Å²) in [5.41, 5.74) is 0.452. The monoisotopic (exact) mass is 243 g/mol. The van der Waals surface area contributed by atoms with Gasteiger partial charge in [0, 0.05) is 10.9 Å². The van der Waals surface area contributed by atoms with E-state index in [-0.39, 0.29) is 12.2 Å². The fraction of sp³-hybridized carbons (Fsp3) is 0.222. The van der Waals surface area contributed by atoms with Crippen molar-refractivity contribution in [3.63, 3.8) is 0 Å². The van der Waals surface area contributed by atoms with Crippen LogP contribution in [0.4, 0.5) is 4.39 Å². The number of rotatable bonds is 2. The molecule has 0 spiro atoms. The van der Waals surface area contributed by atoms with Crippen molar-refractivity contribution in [2.45, 2.75) is 12.8 Å². The maximum absolute atomic E-state index is 12.9. The predicted molar refractivity (Wildman–Crippen MR) is 49.7 cm³/mol. The Morgan fingerprint density at radius 1 is 1.54 bits per heavy atom. The van der Waals surface area contributed by atoms with Crippen LogP contribution < -0.4 is 0 Å². The van der Waals surface area contributed by atoms with Crippen molar-refractivity contribution < 1.29 is 9.50 Å². The number of phenols is 1. The van der Waals surface area contributed by atoms with Gasteiger partial charge >= 0.3 is 0 Å². The molecule has 0 aliphatic carbocycles. The third-order valence-electron chi connectivity index (χ3n) is 1.61. The van der Waals surface area contributed by atoms with Crippen LogP contribution in [0.25, 0.3) is 0 Å². The van der Waals surface area contributed by atoms with Crippen LogP contribution in [0, 0.1) is 17.1 Å². The van der Waals surface area contributed by atoms with Crippen molar-refractivity contribution in [1.82, 2.24) is 0 Å². The molecule has 0 fully saturated rings. The van der Waals surface area contributed by atoms with Crippen molar-refractivity contribution in [3.8, 4) is 11.8 Å². The maximum Gasteiger partial charge on any atom is 0.166 e. The number of aromatic hydroxyl groups is 1. The zero-order valence-electron chi connectivity index (χ0n) is 6.72. The van der Waals surface area contributed by atoms with Gasteiger partial charge in [0.05, 0.1) is 6.07 Å². The van der Waals surface area contributed by atoms with Crippen LogP contribution in [0.3, 0.4) is 0 Å². The first kappa shape index (κ1) is 10.0. The number of aryl methyl sites for hydroxylation is 1. The molecular formula is C9H7BrFNO. The Morgan fingerprint density at radius 3 is 2.85 bits per heavy atom. The molecule has 0 bridgehead atoms. The fourth-order valence-corrected chi connectivity index (χ4v) is 1.48. The summed E-state index contributed by atoms with van der Waals surface area (Å²) in [6.07, 6.45) is 0.627. The molecule has 0 aromatic heterocycles. The molecule has 1 aromatic carbocycles. The van der Waals surface area contributed by atoms with Crippen LogP contribution in [0.1, 0.15) is 12.0 Å². The maximum atomic E-state index is 12.9. The molecule has 0 saturated heterocycles. The van der Waals surface area contributed by atoms with Gasteiger partial charge in [-0.05, 0) is 24.1 Å². The Labute approximate surface area is 83.7 Å². The molecule has 0 unspecified atom stereocenters. The van der Waals surface area contributed by atoms with E-state index in [4.69, 9.17) is 5.26 Å². The van der Waals surface area contributed by atoms with E-state index < -0.39 is 5.82 Å². The first-order valence-corrected chi connectivity index (χ1v) is 4.48. The van der Waals surface area contributed by atoms with Gasteiger partial charge in [-0.2, -0.15) is 5.26 Å². The van der Waals surface area contributed by atoms with Crippen LogP contribution in [0.2, 0.25) is 0 Å². The number of halogens is 2. The van der Waals surface area contributed by atoms with Gasteiger partial charge < -0.3 is 5.11 Å². The summed E-state index contributed by atoms with van der Waals surface area (Å²) in [5, 5.41) is 17.6. The largest absolute Gasteiger partial charge is 0.505 e. The van der Waals surface area contributed by atoms with Crippen LogP contribution in [-0.4, -0.2) is 5.11 Å². The number of hydrogen-bond donors (Lipinski definition) is 1. The second kappa shape index (κ2) is 4.24. The van der Waals surface area contributed by atoms with Crippen molar-refractivity contribution in [3.05, 3.63) is 28.0 Å². The van der Waals surface area contributed by atoms with Crippen molar-refractivity contribution in [2.75, 3.05) is 0 Å². The van der Waals surface area contributed by atoms with E-state index in [9.17, 15) is 9.50 Å². The van der Waals surface area contributed by atoms with Gasteiger partial charge in [0.2, 0.25) is 0 Å². The molecule has 1 rings (SSSR count). The van der Waals surface area contributed by atoms with Gasteiger partial charge in [-0.15, -0.1) is 0 Å². The lowest BCUT2D eigenvalue weighted by Crippen LogP contribution is -1.88. The lowest BCUT2D eigenvalue weighted by atomic mass is 10.1. The van der Waals surface area contributed by atoms with E-state index in [2.05, 4.69) is 15.9 Å². The standard InChI is InChI=1S/C9H7BrFNO/c10-7-4-6(2-1-3-12)9(13)8(11)5-7/h4-5,13H,1-2H2. The molecule has 0 radical (unpaired) electrons. The third kappa shape index (κ3) is 2.43. The molecule has 0 amide bonds. The van der Waals surface area contributed by atoms with Crippen LogP contribution >= 0.6 is 15.9 Å². The fourth-order valence-electron chi connectivity index (χ4n) is 1.00. The lowest BCUT2D eigenvalue weighted by molar-refractivity contribution is 0.425. The SMILES string of the molecule is N#CCCc1cc(Br)cc(F)c1O. The Hall–Kier alpha value is -1.08. The van der Waals surface area contributed by atoms with E-state index >= 15 is 0 Å². The third-order valence-corrected chi connectivity index (χ3v) is 2.07. The highest BCUT2D eigenvalue weighted by Gasteiger charge is 2.08. The van der Waals surface area contributed by atoms with E-state index in [1.807, 2.05) is 6.07 Å². The van der Waals surface area contributed by atoms with Crippen molar-refractivity contribution >= 4 is 15.9 Å². The number of nitrogens with zero attached hydrogens (tertiary/aromatic N) is 1. The van der Waals surface area contributed by atoms with Crippen LogP contribution in [-0.2, 0) is 6.42 Å². The highest BCUT2D eigenvalue weighted by molar-refractivity contribution is 9.10. The minimum Gasteiger partial charge on any atom is -0.505 e. The molecule has 0 aliphatic heterocycles. The molecule has 1 aromatic rings. The lowest BCUT2D eigenvalue weighted by Gasteiger charge is -2.03. The summed E-state index contributed by atoms with van der Waals surface area (Å²) in [5.74, 6) is -1.03. The van der Waals surface area contributed by atoms with E-state index in [1.165, 1.54) is 6.07 Å². The minimum atomic E-state index is -0.665. The molecular weight excluding hydrogens is 237 g/mol. The molecule has 0 atom stereocenters. The second-order valence-corrected chi connectivity index (χ2v) is 3.47. The van der Waals surface area contributed by atoms with Gasteiger partial charge in [-0.25, -0.2) is 4.39 Å². The normalized spacial score (nSPS) is 9.62. The Kier molecular flexibility index (Phi) is 3.26. The molecule has 2 nitrogen and oxygen atoms in total.